The van der Waals surface area contributed by atoms with Crippen LogP contribution >= 0.6 is 12.2 Å². The van der Waals surface area contributed by atoms with Gasteiger partial charge in [-0.1, -0.05) is 24.3 Å². The van der Waals surface area contributed by atoms with Crippen LogP contribution in [0.15, 0.2) is 41.5 Å². The predicted octanol–water partition coefficient (Wildman–Crippen LogP) is 4.63. The SMILES string of the molecule is C/C(=N/NC(=S)Nc1cc(C)ccc1C)c1ccc(C)c(C)c1. The zero-order valence-corrected chi connectivity index (χ0v) is 15.1. The van der Waals surface area contributed by atoms with E-state index in [9.17, 15) is 0 Å². The maximum Gasteiger partial charge on any atom is 0.191 e. The summed E-state index contributed by atoms with van der Waals surface area (Å²) in [6.07, 6.45) is 0. The molecule has 0 spiro atoms. The topological polar surface area (TPSA) is 36.4 Å². The molecule has 0 radical (unpaired) electrons. The number of thiocarbonyl (C=S) groups is 1. The highest BCUT2D eigenvalue weighted by atomic mass is 32.1. The van der Waals surface area contributed by atoms with Crippen molar-refractivity contribution in [3.05, 3.63) is 64.2 Å². The highest BCUT2D eigenvalue weighted by molar-refractivity contribution is 7.80. The van der Waals surface area contributed by atoms with Crippen LogP contribution in [0.4, 0.5) is 5.69 Å². The van der Waals surface area contributed by atoms with Crippen molar-refractivity contribution in [2.75, 3.05) is 5.32 Å². The third-order valence-corrected chi connectivity index (χ3v) is 4.08. The zero-order valence-electron chi connectivity index (χ0n) is 14.3. The molecule has 0 aromatic heterocycles. The van der Waals surface area contributed by atoms with Gasteiger partial charge in [0.25, 0.3) is 0 Å². The molecule has 2 rings (SSSR count). The van der Waals surface area contributed by atoms with Crippen LogP contribution in [0, 0.1) is 27.7 Å². The minimum atomic E-state index is 0.488. The van der Waals surface area contributed by atoms with Crippen molar-refractivity contribution in [3.8, 4) is 0 Å². The lowest BCUT2D eigenvalue weighted by atomic mass is 10.0. The van der Waals surface area contributed by atoms with Crippen LogP contribution in [-0.2, 0) is 0 Å². The Hall–Kier alpha value is -2.20. The van der Waals surface area contributed by atoms with Crippen molar-refractivity contribution in [3.63, 3.8) is 0 Å². The second-order valence-corrected chi connectivity index (χ2v) is 6.29. The lowest BCUT2D eigenvalue weighted by Crippen LogP contribution is -2.25. The first-order chi connectivity index (χ1) is 10.9. The van der Waals surface area contributed by atoms with E-state index in [0.29, 0.717) is 5.11 Å². The van der Waals surface area contributed by atoms with Crippen LogP contribution in [0.3, 0.4) is 0 Å². The molecule has 0 aliphatic rings. The Morgan fingerprint density at radius 3 is 2.30 bits per heavy atom. The molecule has 0 aliphatic carbocycles. The molecule has 0 heterocycles. The Morgan fingerprint density at radius 1 is 0.913 bits per heavy atom. The molecule has 0 unspecified atom stereocenters. The van der Waals surface area contributed by atoms with E-state index in [-0.39, 0.29) is 0 Å². The number of aryl methyl sites for hydroxylation is 4. The van der Waals surface area contributed by atoms with Gasteiger partial charge in [0, 0.05) is 5.69 Å². The van der Waals surface area contributed by atoms with Gasteiger partial charge in [0.2, 0.25) is 0 Å². The molecular formula is C19H23N3S. The smallest absolute Gasteiger partial charge is 0.191 e. The highest BCUT2D eigenvalue weighted by Crippen LogP contribution is 2.16. The summed E-state index contributed by atoms with van der Waals surface area (Å²) in [5, 5.41) is 8.06. The van der Waals surface area contributed by atoms with Gasteiger partial charge in [-0.15, -0.1) is 0 Å². The Bertz CT molecular complexity index is 763. The molecule has 2 aromatic carbocycles. The predicted molar refractivity (Wildman–Crippen MR) is 103 cm³/mol. The molecule has 23 heavy (non-hydrogen) atoms. The van der Waals surface area contributed by atoms with Crippen molar-refractivity contribution < 1.29 is 0 Å². The van der Waals surface area contributed by atoms with Gasteiger partial charge in [0.05, 0.1) is 5.71 Å². The van der Waals surface area contributed by atoms with Crippen LogP contribution in [0.5, 0.6) is 0 Å². The molecule has 0 amide bonds. The highest BCUT2D eigenvalue weighted by Gasteiger charge is 2.03. The molecule has 0 saturated carbocycles. The van der Waals surface area contributed by atoms with E-state index in [0.717, 1.165) is 22.5 Å². The first-order valence-electron chi connectivity index (χ1n) is 7.63. The van der Waals surface area contributed by atoms with E-state index in [1.807, 2.05) is 13.8 Å². The quantitative estimate of drug-likeness (QED) is 0.491. The summed E-state index contributed by atoms with van der Waals surface area (Å²) in [5.41, 5.74) is 10.8. The average Bonchev–Trinajstić information content (AvgIpc) is 2.51. The number of rotatable bonds is 3. The van der Waals surface area contributed by atoms with Crippen molar-refractivity contribution in [2.45, 2.75) is 34.6 Å². The molecular weight excluding hydrogens is 302 g/mol. The van der Waals surface area contributed by atoms with E-state index in [4.69, 9.17) is 12.2 Å². The van der Waals surface area contributed by atoms with E-state index in [1.165, 1.54) is 16.7 Å². The van der Waals surface area contributed by atoms with Crippen molar-refractivity contribution in [2.24, 2.45) is 5.10 Å². The van der Waals surface area contributed by atoms with Crippen LogP contribution in [0.2, 0.25) is 0 Å². The number of nitrogens with one attached hydrogen (secondary N) is 2. The molecule has 120 valence electrons. The van der Waals surface area contributed by atoms with Gasteiger partial charge in [-0.25, -0.2) is 0 Å². The maximum absolute atomic E-state index is 5.32. The summed E-state index contributed by atoms with van der Waals surface area (Å²) in [6.45, 7) is 10.3. The van der Waals surface area contributed by atoms with Crippen molar-refractivity contribution in [1.29, 1.82) is 0 Å². The Kier molecular flexibility index (Phi) is 5.50. The third kappa shape index (κ3) is 4.63. The van der Waals surface area contributed by atoms with Gasteiger partial charge < -0.3 is 5.32 Å². The molecule has 2 aromatic rings. The van der Waals surface area contributed by atoms with Gasteiger partial charge >= 0.3 is 0 Å². The molecule has 3 nitrogen and oxygen atoms in total. The monoisotopic (exact) mass is 325 g/mol. The fourth-order valence-electron chi connectivity index (χ4n) is 2.19. The fourth-order valence-corrected chi connectivity index (χ4v) is 2.34. The molecule has 0 fully saturated rings. The third-order valence-electron chi connectivity index (χ3n) is 3.89. The molecule has 0 atom stereocenters. The second-order valence-electron chi connectivity index (χ2n) is 5.88. The summed E-state index contributed by atoms with van der Waals surface area (Å²) >= 11 is 5.32. The lowest BCUT2D eigenvalue weighted by molar-refractivity contribution is 1.04. The van der Waals surface area contributed by atoms with Gasteiger partial charge in [0.1, 0.15) is 0 Å². The van der Waals surface area contributed by atoms with Crippen LogP contribution < -0.4 is 10.7 Å². The molecule has 2 N–H and O–H groups in total. The van der Waals surface area contributed by atoms with Crippen molar-refractivity contribution >= 4 is 28.7 Å². The molecule has 0 bridgehead atoms. The summed E-state index contributed by atoms with van der Waals surface area (Å²) in [5.74, 6) is 0. The van der Waals surface area contributed by atoms with Gasteiger partial charge in [-0.3, -0.25) is 5.43 Å². The number of hydrazone groups is 1. The lowest BCUT2D eigenvalue weighted by Gasteiger charge is -2.11. The summed E-state index contributed by atoms with van der Waals surface area (Å²) in [6, 6.07) is 12.5. The summed E-state index contributed by atoms with van der Waals surface area (Å²) in [4.78, 5) is 0. The van der Waals surface area contributed by atoms with E-state index in [1.54, 1.807) is 0 Å². The number of nitrogens with zero attached hydrogens (tertiary/aromatic N) is 1. The first kappa shape index (κ1) is 17.2. The molecule has 0 aliphatic heterocycles. The largest absolute Gasteiger partial charge is 0.331 e. The van der Waals surface area contributed by atoms with E-state index in [2.05, 4.69) is 73.0 Å². The number of hydrogen-bond donors (Lipinski definition) is 2. The van der Waals surface area contributed by atoms with E-state index >= 15 is 0 Å². The van der Waals surface area contributed by atoms with Gasteiger partial charge in [0.15, 0.2) is 5.11 Å². The minimum Gasteiger partial charge on any atom is -0.331 e. The Morgan fingerprint density at radius 2 is 1.61 bits per heavy atom. The second kappa shape index (κ2) is 7.38. The van der Waals surface area contributed by atoms with Crippen molar-refractivity contribution in [1.82, 2.24) is 5.43 Å². The maximum atomic E-state index is 5.32. The number of benzene rings is 2. The molecule has 4 heteroatoms. The van der Waals surface area contributed by atoms with Crippen LogP contribution in [-0.4, -0.2) is 10.8 Å². The minimum absolute atomic E-state index is 0.488. The Balaban J connectivity index is 2.05. The first-order valence-corrected chi connectivity index (χ1v) is 8.04. The number of hydrogen-bond acceptors (Lipinski definition) is 2. The van der Waals surface area contributed by atoms with Crippen LogP contribution in [0.1, 0.15) is 34.7 Å². The summed E-state index contributed by atoms with van der Waals surface area (Å²) in [7, 11) is 0. The normalized spacial score (nSPS) is 11.3. The van der Waals surface area contributed by atoms with Gasteiger partial charge in [-0.2, -0.15) is 5.10 Å². The van der Waals surface area contributed by atoms with E-state index < -0.39 is 0 Å². The van der Waals surface area contributed by atoms with Crippen LogP contribution in [0.25, 0.3) is 0 Å². The number of anilines is 1. The zero-order chi connectivity index (χ0) is 17.0. The summed E-state index contributed by atoms with van der Waals surface area (Å²) < 4.78 is 0. The molecule has 0 saturated heterocycles. The average molecular weight is 325 g/mol. The standard InChI is InChI=1S/C19H23N3S/c1-12-6-7-14(3)18(10-12)20-19(23)22-21-16(5)17-9-8-13(2)15(4)11-17/h6-11H,1-5H3,(H2,20,22,23)/b21-16-. The van der Waals surface area contributed by atoms with Gasteiger partial charge in [-0.05, 0) is 86.8 Å². The Labute approximate surface area is 143 Å². The fraction of sp³-hybridized carbons (Fsp3) is 0.263.